The van der Waals surface area contributed by atoms with Gasteiger partial charge in [0.2, 0.25) is 5.95 Å². The van der Waals surface area contributed by atoms with Crippen LogP contribution in [0.5, 0.6) is 0 Å². The van der Waals surface area contributed by atoms with Crippen LogP contribution in [-0.4, -0.2) is 44.0 Å². The maximum atomic E-state index is 12.8. The van der Waals surface area contributed by atoms with Crippen molar-refractivity contribution in [3.63, 3.8) is 0 Å². The van der Waals surface area contributed by atoms with Crippen LogP contribution < -0.4 is 16.0 Å². The van der Waals surface area contributed by atoms with Crippen molar-refractivity contribution in [3.05, 3.63) is 53.0 Å². The highest BCUT2D eigenvalue weighted by Crippen LogP contribution is 2.28. The maximum absolute atomic E-state index is 12.8. The van der Waals surface area contributed by atoms with E-state index < -0.39 is 0 Å². The first-order valence-corrected chi connectivity index (χ1v) is 11.8. The monoisotopic (exact) mass is 446 g/mol. The molecule has 3 heterocycles. The lowest BCUT2D eigenvalue weighted by Gasteiger charge is -2.30. The molecule has 0 spiro atoms. The molecule has 9 heteroatoms. The SMILES string of the molecule is Cc1c(C(=O)NCC2CCCCC2)nnn1-c1cccc2c1CCN(c1nccc(N)n1)C2. The average molecular weight is 447 g/mol. The summed E-state index contributed by atoms with van der Waals surface area (Å²) in [5.41, 5.74) is 10.4. The molecule has 1 aromatic carbocycles. The molecule has 0 atom stereocenters. The van der Waals surface area contributed by atoms with Gasteiger partial charge in [-0.15, -0.1) is 5.10 Å². The number of nitrogens with one attached hydrogen (secondary N) is 1. The molecule has 3 aromatic rings. The Morgan fingerprint density at radius 3 is 2.88 bits per heavy atom. The van der Waals surface area contributed by atoms with Crippen molar-refractivity contribution in [2.24, 2.45) is 5.92 Å². The fourth-order valence-electron chi connectivity index (χ4n) is 4.95. The van der Waals surface area contributed by atoms with Crippen LogP contribution in [0.3, 0.4) is 0 Å². The van der Waals surface area contributed by atoms with Gasteiger partial charge in [0.05, 0.1) is 11.4 Å². The number of amides is 1. The van der Waals surface area contributed by atoms with Crippen molar-refractivity contribution in [1.82, 2.24) is 30.3 Å². The number of nitrogens with two attached hydrogens (primary N) is 1. The molecule has 1 saturated carbocycles. The van der Waals surface area contributed by atoms with E-state index in [1.165, 1.54) is 43.2 Å². The van der Waals surface area contributed by atoms with E-state index in [1.807, 2.05) is 19.1 Å². The fraction of sp³-hybridized carbons (Fsp3) is 0.458. The Labute approximate surface area is 193 Å². The van der Waals surface area contributed by atoms with Crippen molar-refractivity contribution < 1.29 is 4.79 Å². The highest BCUT2D eigenvalue weighted by Gasteiger charge is 2.24. The standard InChI is InChI=1S/C24H30N8O/c1-16-22(23(33)27-14-17-6-3-2-4-7-17)29-30-32(16)20-9-5-8-18-15-31(13-11-19(18)20)24-26-12-10-21(25)28-24/h5,8-10,12,17H,2-4,6-7,11,13-15H2,1H3,(H,27,33)(H2,25,26,28). The Balaban J connectivity index is 1.34. The molecule has 0 saturated heterocycles. The molecule has 33 heavy (non-hydrogen) atoms. The third kappa shape index (κ3) is 4.40. The lowest BCUT2D eigenvalue weighted by molar-refractivity contribution is 0.0938. The smallest absolute Gasteiger partial charge is 0.273 e. The van der Waals surface area contributed by atoms with Gasteiger partial charge >= 0.3 is 0 Å². The van der Waals surface area contributed by atoms with Crippen LogP contribution in [0, 0.1) is 12.8 Å². The van der Waals surface area contributed by atoms with Gasteiger partial charge in [-0.2, -0.15) is 4.98 Å². The topological polar surface area (TPSA) is 115 Å². The van der Waals surface area contributed by atoms with Crippen LogP contribution in [0.15, 0.2) is 30.5 Å². The molecule has 172 valence electrons. The van der Waals surface area contributed by atoms with Crippen LogP contribution in [0.1, 0.15) is 59.4 Å². The Kier molecular flexibility index (Phi) is 5.93. The Bertz CT molecular complexity index is 1150. The van der Waals surface area contributed by atoms with E-state index in [1.54, 1.807) is 16.9 Å². The van der Waals surface area contributed by atoms with Gasteiger partial charge in [0.25, 0.3) is 5.91 Å². The minimum Gasteiger partial charge on any atom is -0.384 e. The van der Waals surface area contributed by atoms with Crippen molar-refractivity contribution >= 4 is 17.7 Å². The number of carbonyl (C=O) groups is 1. The largest absolute Gasteiger partial charge is 0.384 e. The van der Waals surface area contributed by atoms with E-state index in [-0.39, 0.29) is 5.91 Å². The van der Waals surface area contributed by atoms with E-state index in [0.717, 1.165) is 24.3 Å². The molecule has 5 rings (SSSR count). The second-order valence-corrected chi connectivity index (χ2v) is 9.02. The molecule has 1 fully saturated rings. The van der Waals surface area contributed by atoms with Crippen LogP contribution >= 0.6 is 0 Å². The first-order valence-electron chi connectivity index (χ1n) is 11.8. The second-order valence-electron chi connectivity index (χ2n) is 9.02. The lowest BCUT2D eigenvalue weighted by atomic mass is 9.89. The number of rotatable bonds is 5. The van der Waals surface area contributed by atoms with Gasteiger partial charge in [0, 0.05) is 25.8 Å². The summed E-state index contributed by atoms with van der Waals surface area (Å²) in [4.78, 5) is 23.7. The number of hydrogen-bond donors (Lipinski definition) is 2. The molecule has 1 amide bonds. The molecule has 1 aliphatic carbocycles. The number of fused-ring (bicyclic) bond motifs is 1. The number of carbonyl (C=O) groups excluding carboxylic acids is 1. The molecule has 1 aliphatic heterocycles. The fourth-order valence-corrected chi connectivity index (χ4v) is 4.95. The third-order valence-electron chi connectivity index (χ3n) is 6.80. The van der Waals surface area contributed by atoms with Crippen LogP contribution in [-0.2, 0) is 13.0 Å². The number of anilines is 2. The zero-order valence-corrected chi connectivity index (χ0v) is 19.0. The highest BCUT2D eigenvalue weighted by atomic mass is 16.2. The summed E-state index contributed by atoms with van der Waals surface area (Å²) in [5, 5.41) is 11.7. The molecule has 9 nitrogen and oxygen atoms in total. The van der Waals surface area contributed by atoms with E-state index in [4.69, 9.17) is 5.73 Å². The number of nitrogens with zero attached hydrogens (tertiary/aromatic N) is 6. The summed E-state index contributed by atoms with van der Waals surface area (Å²) in [6.45, 7) is 4.09. The minimum atomic E-state index is -0.140. The first kappa shape index (κ1) is 21.4. The zero-order chi connectivity index (χ0) is 22.8. The number of nitrogen functional groups attached to an aromatic ring is 1. The van der Waals surface area contributed by atoms with E-state index in [0.29, 0.717) is 36.5 Å². The van der Waals surface area contributed by atoms with Crippen LogP contribution in [0.4, 0.5) is 11.8 Å². The minimum absolute atomic E-state index is 0.140. The van der Waals surface area contributed by atoms with E-state index >= 15 is 0 Å². The summed E-state index contributed by atoms with van der Waals surface area (Å²) >= 11 is 0. The van der Waals surface area contributed by atoms with Crippen molar-refractivity contribution in [1.29, 1.82) is 0 Å². The van der Waals surface area contributed by atoms with E-state index in [9.17, 15) is 4.79 Å². The summed E-state index contributed by atoms with van der Waals surface area (Å²) < 4.78 is 1.79. The summed E-state index contributed by atoms with van der Waals surface area (Å²) in [6.07, 6.45) is 8.71. The van der Waals surface area contributed by atoms with Gasteiger partial charge < -0.3 is 16.0 Å². The molecular weight excluding hydrogens is 416 g/mol. The molecule has 2 aliphatic rings. The lowest BCUT2D eigenvalue weighted by Crippen LogP contribution is -2.32. The van der Waals surface area contributed by atoms with Gasteiger partial charge in [-0.05, 0) is 55.4 Å². The average Bonchev–Trinajstić information content (AvgIpc) is 3.23. The number of aromatic nitrogens is 5. The van der Waals surface area contributed by atoms with Gasteiger partial charge in [0.1, 0.15) is 5.82 Å². The third-order valence-corrected chi connectivity index (χ3v) is 6.80. The quantitative estimate of drug-likeness (QED) is 0.619. The Morgan fingerprint density at radius 2 is 2.06 bits per heavy atom. The van der Waals surface area contributed by atoms with Gasteiger partial charge in [-0.1, -0.05) is 36.6 Å². The van der Waals surface area contributed by atoms with Crippen LogP contribution in [0.25, 0.3) is 5.69 Å². The Hall–Kier alpha value is -3.49. The molecule has 2 aromatic heterocycles. The second kappa shape index (κ2) is 9.17. The van der Waals surface area contributed by atoms with Gasteiger partial charge in [-0.25, -0.2) is 9.67 Å². The molecule has 0 radical (unpaired) electrons. The summed E-state index contributed by atoms with van der Waals surface area (Å²) in [7, 11) is 0. The highest BCUT2D eigenvalue weighted by molar-refractivity contribution is 5.93. The van der Waals surface area contributed by atoms with Crippen molar-refractivity contribution in [3.8, 4) is 5.69 Å². The molecule has 0 unspecified atom stereocenters. The van der Waals surface area contributed by atoms with Crippen molar-refractivity contribution in [2.75, 3.05) is 23.7 Å². The Morgan fingerprint density at radius 1 is 1.21 bits per heavy atom. The van der Waals surface area contributed by atoms with Gasteiger partial charge in [-0.3, -0.25) is 4.79 Å². The maximum Gasteiger partial charge on any atom is 0.273 e. The number of benzene rings is 1. The number of hydrogen-bond acceptors (Lipinski definition) is 7. The summed E-state index contributed by atoms with van der Waals surface area (Å²) in [6, 6.07) is 7.86. The summed E-state index contributed by atoms with van der Waals surface area (Å²) in [5.74, 6) is 1.54. The molecule has 0 bridgehead atoms. The predicted molar refractivity (Wildman–Crippen MR) is 126 cm³/mol. The van der Waals surface area contributed by atoms with E-state index in [2.05, 4.69) is 36.6 Å². The predicted octanol–water partition coefficient (Wildman–Crippen LogP) is 2.82. The van der Waals surface area contributed by atoms with Crippen molar-refractivity contribution in [2.45, 2.75) is 52.0 Å². The van der Waals surface area contributed by atoms with Gasteiger partial charge in [0.15, 0.2) is 5.69 Å². The normalized spacial score (nSPS) is 16.5. The molecule has 3 N–H and O–H groups in total. The first-order chi connectivity index (χ1) is 16.1. The molecular formula is C24H30N8O. The zero-order valence-electron chi connectivity index (χ0n) is 19.0. The van der Waals surface area contributed by atoms with Crippen LogP contribution in [0.2, 0.25) is 0 Å².